The third-order valence-electron chi connectivity index (χ3n) is 4.60. The van der Waals surface area contributed by atoms with Crippen LogP contribution < -0.4 is 4.31 Å². The number of aryl methyl sites for hydroxylation is 2. The maximum Gasteiger partial charge on any atom is 0.338 e. The predicted molar refractivity (Wildman–Crippen MR) is 118 cm³/mol. The van der Waals surface area contributed by atoms with E-state index < -0.39 is 16.0 Å². The maximum atomic E-state index is 13.3. The molecule has 0 aliphatic carbocycles. The van der Waals surface area contributed by atoms with Gasteiger partial charge in [-0.3, -0.25) is 4.31 Å². The van der Waals surface area contributed by atoms with E-state index in [0.29, 0.717) is 22.7 Å². The number of esters is 1. The number of hydrogen-bond donors (Lipinski definition) is 0. The van der Waals surface area contributed by atoms with Crippen molar-refractivity contribution in [1.82, 2.24) is 5.16 Å². The van der Waals surface area contributed by atoms with Crippen molar-refractivity contribution in [3.8, 4) is 0 Å². The number of ether oxygens (including phenoxy) is 1. The number of benzene rings is 2. The number of carbonyl (C=O) groups excluding carboxylic acids is 1. The van der Waals surface area contributed by atoms with Gasteiger partial charge in [0.05, 0.1) is 39.0 Å². The molecule has 3 aromatic rings. The molecule has 0 atom stereocenters. The molecule has 31 heavy (non-hydrogen) atoms. The highest BCUT2D eigenvalue weighted by atomic mass is 35.5. The van der Waals surface area contributed by atoms with Crippen LogP contribution in [0.5, 0.6) is 0 Å². The van der Waals surface area contributed by atoms with E-state index in [9.17, 15) is 13.2 Å². The molecule has 3 rings (SSSR count). The van der Waals surface area contributed by atoms with Gasteiger partial charge >= 0.3 is 5.97 Å². The summed E-state index contributed by atoms with van der Waals surface area (Å²) in [5, 5.41) is 4.10. The minimum atomic E-state index is -4.02. The first-order chi connectivity index (χ1) is 14.8. The molecule has 0 bridgehead atoms. The fraction of sp³-hybridized carbons (Fsp3) is 0.182. The van der Waals surface area contributed by atoms with Crippen LogP contribution >= 0.6 is 11.6 Å². The molecule has 0 N–H and O–H groups in total. The van der Waals surface area contributed by atoms with Crippen molar-refractivity contribution in [3.05, 3.63) is 88.8 Å². The molecule has 162 valence electrons. The Morgan fingerprint density at radius 1 is 1.23 bits per heavy atom. The van der Waals surface area contributed by atoms with Crippen LogP contribution in [-0.4, -0.2) is 26.1 Å². The van der Waals surface area contributed by atoms with Gasteiger partial charge in [0.2, 0.25) is 0 Å². The number of carbonyl (C=O) groups is 1. The van der Waals surface area contributed by atoms with Crippen LogP contribution in [-0.2, 0) is 21.4 Å². The molecule has 0 aliphatic rings. The lowest BCUT2D eigenvalue weighted by molar-refractivity contribution is 0.0470. The van der Waals surface area contributed by atoms with Crippen molar-refractivity contribution < 1.29 is 22.5 Å². The lowest BCUT2D eigenvalue weighted by Crippen LogP contribution is -2.31. The highest BCUT2D eigenvalue weighted by molar-refractivity contribution is 7.92. The fourth-order valence-corrected chi connectivity index (χ4v) is 4.73. The third-order valence-corrected chi connectivity index (χ3v) is 6.70. The molecule has 7 nitrogen and oxygen atoms in total. The molecule has 1 aromatic heterocycles. The van der Waals surface area contributed by atoms with Gasteiger partial charge in [0.1, 0.15) is 12.4 Å². The highest BCUT2D eigenvalue weighted by Crippen LogP contribution is 2.30. The summed E-state index contributed by atoms with van der Waals surface area (Å²) >= 11 is 6.22. The second kappa shape index (κ2) is 9.36. The molecule has 0 fully saturated rings. The van der Waals surface area contributed by atoms with Gasteiger partial charge in [0.15, 0.2) is 0 Å². The monoisotopic (exact) mass is 460 g/mol. The van der Waals surface area contributed by atoms with Crippen molar-refractivity contribution in [1.29, 1.82) is 0 Å². The minimum absolute atomic E-state index is 0.00673. The van der Waals surface area contributed by atoms with Crippen molar-refractivity contribution in [2.45, 2.75) is 25.3 Å². The van der Waals surface area contributed by atoms with Gasteiger partial charge in [-0.25, -0.2) is 13.2 Å². The first kappa shape index (κ1) is 22.6. The van der Waals surface area contributed by atoms with Gasteiger partial charge in [-0.1, -0.05) is 41.0 Å². The number of halogens is 1. The van der Waals surface area contributed by atoms with Gasteiger partial charge in [0.25, 0.3) is 10.0 Å². The lowest BCUT2D eigenvalue weighted by atomic mass is 10.2. The summed E-state index contributed by atoms with van der Waals surface area (Å²) in [6, 6.07) is 12.3. The quantitative estimate of drug-likeness (QED) is 0.358. The standard InChI is InChI=1S/C22H21ClN2O5S/c1-4-12-25(21-11-6-5-10-20(21)23)31(27,28)18-9-7-8-17(13-18)22(26)29-14-19-15(2)24-30-16(19)3/h4-11,13H,1,12,14H2,2-3H3. The van der Waals surface area contributed by atoms with Crippen molar-refractivity contribution >= 4 is 33.3 Å². The number of sulfonamides is 1. The Balaban J connectivity index is 1.89. The molecule has 0 unspecified atom stereocenters. The van der Waals surface area contributed by atoms with Gasteiger partial charge in [0, 0.05) is 0 Å². The lowest BCUT2D eigenvalue weighted by Gasteiger charge is -2.24. The number of para-hydroxylation sites is 1. The van der Waals surface area contributed by atoms with Crippen molar-refractivity contribution in [2.24, 2.45) is 0 Å². The summed E-state index contributed by atoms with van der Waals surface area (Å²) in [5.74, 6) is -0.105. The normalized spacial score (nSPS) is 11.2. The smallest absolute Gasteiger partial charge is 0.338 e. The van der Waals surface area contributed by atoms with Crippen molar-refractivity contribution in [3.63, 3.8) is 0 Å². The van der Waals surface area contributed by atoms with E-state index in [2.05, 4.69) is 11.7 Å². The van der Waals surface area contributed by atoms with Crippen LogP contribution in [0.1, 0.15) is 27.4 Å². The summed E-state index contributed by atoms with van der Waals surface area (Å²) < 4.78 is 38.2. The van der Waals surface area contributed by atoms with Crippen LogP contribution in [0, 0.1) is 13.8 Å². The van der Waals surface area contributed by atoms with Crippen LogP contribution in [0.15, 0.2) is 70.6 Å². The molecular formula is C22H21ClN2O5S. The van der Waals surface area contributed by atoms with Crippen LogP contribution in [0.25, 0.3) is 0 Å². The average molecular weight is 461 g/mol. The summed E-state index contributed by atoms with van der Waals surface area (Å²) in [6.07, 6.45) is 1.46. The second-order valence-corrected chi connectivity index (χ2v) is 8.95. The summed E-state index contributed by atoms with van der Waals surface area (Å²) in [5.41, 5.74) is 1.72. The molecule has 0 saturated carbocycles. The summed E-state index contributed by atoms with van der Waals surface area (Å²) in [6.45, 7) is 7.08. The fourth-order valence-electron chi connectivity index (χ4n) is 2.94. The SMILES string of the molecule is C=CCN(c1ccccc1Cl)S(=O)(=O)c1cccc(C(=O)OCc2c(C)noc2C)c1. The number of nitrogens with zero attached hydrogens (tertiary/aromatic N) is 2. The largest absolute Gasteiger partial charge is 0.457 e. The average Bonchev–Trinajstić information content (AvgIpc) is 3.08. The number of rotatable bonds is 8. The third kappa shape index (κ3) is 4.81. The molecule has 0 saturated heterocycles. The van der Waals surface area contributed by atoms with Gasteiger partial charge in [-0.15, -0.1) is 6.58 Å². The zero-order chi connectivity index (χ0) is 22.6. The predicted octanol–water partition coefficient (Wildman–Crippen LogP) is 4.68. The van der Waals surface area contributed by atoms with Crippen LogP contribution in [0.4, 0.5) is 5.69 Å². The Kier molecular flexibility index (Phi) is 6.82. The van der Waals surface area contributed by atoms with Crippen LogP contribution in [0.3, 0.4) is 0 Å². The number of aromatic nitrogens is 1. The first-order valence-corrected chi connectivity index (χ1v) is 11.1. The van der Waals surface area contributed by atoms with E-state index in [-0.39, 0.29) is 28.6 Å². The summed E-state index contributed by atoms with van der Waals surface area (Å²) in [7, 11) is -4.02. The Morgan fingerprint density at radius 2 is 1.97 bits per heavy atom. The highest BCUT2D eigenvalue weighted by Gasteiger charge is 2.26. The topological polar surface area (TPSA) is 89.7 Å². The molecule has 0 radical (unpaired) electrons. The second-order valence-electron chi connectivity index (χ2n) is 6.68. The molecular weight excluding hydrogens is 440 g/mol. The van der Waals surface area contributed by atoms with E-state index >= 15 is 0 Å². The molecule has 2 aromatic carbocycles. The van der Waals surface area contributed by atoms with E-state index in [1.54, 1.807) is 38.1 Å². The van der Waals surface area contributed by atoms with E-state index in [0.717, 1.165) is 4.31 Å². The Hall–Kier alpha value is -3.10. The Bertz CT molecular complexity index is 1200. The van der Waals surface area contributed by atoms with Gasteiger partial charge in [-0.2, -0.15) is 0 Å². The van der Waals surface area contributed by atoms with Crippen LogP contribution in [0.2, 0.25) is 5.02 Å². The zero-order valence-corrected chi connectivity index (χ0v) is 18.6. The molecule has 9 heteroatoms. The molecule has 0 spiro atoms. The molecule has 0 aliphatic heterocycles. The van der Waals surface area contributed by atoms with Crippen molar-refractivity contribution in [2.75, 3.05) is 10.8 Å². The van der Waals surface area contributed by atoms with E-state index in [1.165, 1.54) is 30.3 Å². The molecule has 1 heterocycles. The van der Waals surface area contributed by atoms with Gasteiger partial charge in [-0.05, 0) is 44.2 Å². The summed E-state index contributed by atoms with van der Waals surface area (Å²) in [4.78, 5) is 12.5. The number of anilines is 1. The number of hydrogen-bond acceptors (Lipinski definition) is 6. The first-order valence-electron chi connectivity index (χ1n) is 9.32. The minimum Gasteiger partial charge on any atom is -0.457 e. The zero-order valence-electron chi connectivity index (χ0n) is 17.0. The van der Waals surface area contributed by atoms with E-state index in [4.69, 9.17) is 20.9 Å². The Morgan fingerprint density at radius 3 is 2.61 bits per heavy atom. The Labute approximate surface area is 185 Å². The maximum absolute atomic E-state index is 13.3. The molecule has 0 amide bonds. The van der Waals surface area contributed by atoms with E-state index in [1.807, 2.05) is 0 Å². The van der Waals surface area contributed by atoms with Gasteiger partial charge < -0.3 is 9.26 Å².